The number of aromatic nitrogens is 1. The zero-order valence-electron chi connectivity index (χ0n) is 8.32. The van der Waals surface area contributed by atoms with E-state index in [4.69, 9.17) is 23.2 Å². The lowest BCUT2D eigenvalue weighted by atomic mass is 10.1. The van der Waals surface area contributed by atoms with E-state index in [0.717, 1.165) is 11.1 Å². The lowest BCUT2D eigenvalue weighted by Crippen LogP contribution is -1.90. The van der Waals surface area contributed by atoms with E-state index >= 15 is 0 Å². The molecule has 0 unspecified atom stereocenters. The van der Waals surface area contributed by atoms with Crippen molar-refractivity contribution >= 4 is 23.2 Å². The first kappa shape index (κ1) is 11.2. The number of rotatable bonds is 2. The first-order valence-corrected chi connectivity index (χ1v) is 5.48. The highest BCUT2D eigenvalue weighted by Crippen LogP contribution is 2.31. The lowest BCUT2D eigenvalue weighted by Gasteiger charge is -2.06. The smallest absolute Gasteiger partial charge is 0.135 e. The average Bonchev–Trinajstić information content (AvgIpc) is 2.27. The van der Waals surface area contributed by atoms with Crippen LogP contribution in [0.1, 0.15) is 11.1 Å². The van der Waals surface area contributed by atoms with Gasteiger partial charge in [-0.05, 0) is 35.7 Å². The van der Waals surface area contributed by atoms with Crippen LogP contribution in [0.4, 0.5) is 0 Å². The Kier molecular flexibility index (Phi) is 3.32. The highest BCUT2D eigenvalue weighted by Gasteiger charge is 2.07. The molecule has 0 aliphatic carbocycles. The van der Waals surface area contributed by atoms with Crippen molar-refractivity contribution in [1.29, 1.82) is 0 Å². The predicted molar refractivity (Wildman–Crippen MR) is 65.2 cm³/mol. The maximum Gasteiger partial charge on any atom is 0.135 e. The molecule has 0 amide bonds. The molecule has 0 atom stereocenters. The molecule has 2 nitrogen and oxygen atoms in total. The van der Waals surface area contributed by atoms with Crippen molar-refractivity contribution in [3.05, 3.63) is 57.8 Å². The third-order valence-corrected chi connectivity index (χ3v) is 2.91. The summed E-state index contributed by atoms with van der Waals surface area (Å²) in [4.78, 5) is 3.94. The lowest BCUT2D eigenvalue weighted by molar-refractivity contribution is 0.475. The van der Waals surface area contributed by atoms with E-state index < -0.39 is 0 Å². The number of hydrogen-bond donors (Lipinski definition) is 1. The van der Waals surface area contributed by atoms with Crippen LogP contribution < -0.4 is 0 Å². The average molecular weight is 254 g/mol. The molecular weight excluding hydrogens is 245 g/mol. The van der Waals surface area contributed by atoms with Gasteiger partial charge in [0.05, 0.1) is 5.02 Å². The Balaban J connectivity index is 2.32. The van der Waals surface area contributed by atoms with Crippen LogP contribution in [0.2, 0.25) is 10.0 Å². The molecule has 0 aliphatic heterocycles. The van der Waals surface area contributed by atoms with Crippen LogP contribution >= 0.6 is 23.2 Å². The second-order valence-electron chi connectivity index (χ2n) is 3.43. The van der Waals surface area contributed by atoms with Gasteiger partial charge in [0.15, 0.2) is 0 Å². The second-order valence-corrected chi connectivity index (χ2v) is 4.24. The molecular formula is C12H9Cl2NO. The monoisotopic (exact) mass is 253 g/mol. The van der Waals surface area contributed by atoms with E-state index in [1.807, 2.05) is 12.1 Å². The molecule has 0 aliphatic rings. The summed E-state index contributed by atoms with van der Waals surface area (Å²) in [6.07, 6.45) is 4.12. The van der Waals surface area contributed by atoms with E-state index in [1.54, 1.807) is 18.5 Å². The zero-order chi connectivity index (χ0) is 11.5. The molecule has 1 N–H and O–H groups in total. The highest BCUT2D eigenvalue weighted by atomic mass is 35.5. The number of aromatic hydroxyl groups is 1. The van der Waals surface area contributed by atoms with Crippen LogP contribution in [0.25, 0.3) is 0 Å². The predicted octanol–water partition coefficient (Wildman–Crippen LogP) is 3.68. The summed E-state index contributed by atoms with van der Waals surface area (Å²) >= 11 is 11.8. The van der Waals surface area contributed by atoms with Gasteiger partial charge in [0, 0.05) is 23.5 Å². The molecule has 16 heavy (non-hydrogen) atoms. The van der Waals surface area contributed by atoms with Gasteiger partial charge in [-0.15, -0.1) is 0 Å². The summed E-state index contributed by atoms with van der Waals surface area (Å²) in [6, 6.07) is 6.97. The normalized spacial score (nSPS) is 10.4. The fraction of sp³-hybridized carbons (Fsp3) is 0.0833. The minimum atomic E-state index is 0.00476. The van der Waals surface area contributed by atoms with Crippen molar-refractivity contribution in [2.75, 3.05) is 0 Å². The Bertz CT molecular complexity index is 500. The molecule has 0 radical (unpaired) electrons. The van der Waals surface area contributed by atoms with Crippen LogP contribution in [0, 0.1) is 0 Å². The van der Waals surface area contributed by atoms with Crippen LogP contribution in [0.5, 0.6) is 5.75 Å². The van der Waals surface area contributed by atoms with Gasteiger partial charge in [0.1, 0.15) is 5.75 Å². The molecule has 0 fully saturated rings. The Hall–Kier alpha value is -1.25. The molecule has 2 aromatic rings. The first-order chi connectivity index (χ1) is 7.66. The van der Waals surface area contributed by atoms with E-state index in [-0.39, 0.29) is 5.75 Å². The van der Waals surface area contributed by atoms with E-state index in [1.165, 1.54) is 6.07 Å². The maximum atomic E-state index is 9.36. The molecule has 2 rings (SSSR count). The standard InChI is InChI=1S/C12H9Cl2NO/c13-10-7-12(16)11(14)6-9(10)5-8-1-3-15-4-2-8/h1-4,6-7,16H,5H2. The summed E-state index contributed by atoms with van der Waals surface area (Å²) in [5.74, 6) is 0.00476. The van der Waals surface area contributed by atoms with E-state index in [9.17, 15) is 5.11 Å². The fourth-order valence-corrected chi connectivity index (χ4v) is 1.84. The Morgan fingerprint density at radius 2 is 1.75 bits per heavy atom. The van der Waals surface area contributed by atoms with Crippen LogP contribution in [0.3, 0.4) is 0 Å². The summed E-state index contributed by atoms with van der Waals surface area (Å²) in [7, 11) is 0. The van der Waals surface area contributed by atoms with Gasteiger partial charge < -0.3 is 5.11 Å². The molecule has 0 bridgehead atoms. The molecule has 0 saturated carbocycles. The van der Waals surface area contributed by atoms with Crippen molar-refractivity contribution in [3.63, 3.8) is 0 Å². The largest absolute Gasteiger partial charge is 0.506 e. The van der Waals surface area contributed by atoms with Gasteiger partial charge in [-0.2, -0.15) is 0 Å². The molecule has 0 saturated heterocycles. The minimum Gasteiger partial charge on any atom is -0.506 e. The van der Waals surface area contributed by atoms with Crippen LogP contribution in [-0.2, 0) is 6.42 Å². The number of nitrogens with zero attached hydrogens (tertiary/aromatic N) is 1. The van der Waals surface area contributed by atoms with Crippen molar-refractivity contribution in [2.45, 2.75) is 6.42 Å². The molecule has 0 spiro atoms. The Morgan fingerprint density at radius 1 is 1.06 bits per heavy atom. The van der Waals surface area contributed by atoms with Crippen molar-refractivity contribution in [2.24, 2.45) is 0 Å². The second kappa shape index (κ2) is 4.73. The van der Waals surface area contributed by atoms with Gasteiger partial charge in [0.25, 0.3) is 0 Å². The molecule has 1 aromatic carbocycles. The summed E-state index contributed by atoms with van der Waals surface area (Å²) < 4.78 is 0. The van der Waals surface area contributed by atoms with Crippen molar-refractivity contribution < 1.29 is 5.11 Å². The molecule has 4 heteroatoms. The molecule has 1 heterocycles. The van der Waals surface area contributed by atoms with Crippen molar-refractivity contribution in [1.82, 2.24) is 4.98 Å². The number of hydrogen-bond acceptors (Lipinski definition) is 2. The summed E-state index contributed by atoms with van der Waals surface area (Å²) in [5, 5.41) is 10.2. The number of pyridine rings is 1. The number of benzene rings is 1. The fourth-order valence-electron chi connectivity index (χ4n) is 1.43. The number of phenols is 1. The maximum absolute atomic E-state index is 9.36. The van der Waals surface area contributed by atoms with Crippen molar-refractivity contribution in [3.8, 4) is 5.75 Å². The third kappa shape index (κ3) is 2.46. The topological polar surface area (TPSA) is 33.1 Å². The van der Waals surface area contributed by atoms with Crippen LogP contribution in [-0.4, -0.2) is 10.1 Å². The van der Waals surface area contributed by atoms with E-state index in [2.05, 4.69) is 4.98 Å². The van der Waals surface area contributed by atoms with Gasteiger partial charge in [-0.1, -0.05) is 23.2 Å². The molecule has 82 valence electrons. The zero-order valence-corrected chi connectivity index (χ0v) is 9.83. The third-order valence-electron chi connectivity index (χ3n) is 2.26. The van der Waals surface area contributed by atoms with Gasteiger partial charge >= 0.3 is 0 Å². The minimum absolute atomic E-state index is 0.00476. The molecule has 1 aromatic heterocycles. The van der Waals surface area contributed by atoms with Crippen LogP contribution in [0.15, 0.2) is 36.7 Å². The SMILES string of the molecule is Oc1cc(Cl)c(Cc2ccncc2)cc1Cl. The highest BCUT2D eigenvalue weighted by molar-refractivity contribution is 6.34. The van der Waals surface area contributed by atoms with Gasteiger partial charge in [-0.3, -0.25) is 4.98 Å². The summed E-state index contributed by atoms with van der Waals surface area (Å²) in [6.45, 7) is 0. The quantitative estimate of drug-likeness (QED) is 0.886. The Morgan fingerprint density at radius 3 is 2.44 bits per heavy atom. The van der Waals surface area contributed by atoms with Gasteiger partial charge in [-0.25, -0.2) is 0 Å². The van der Waals surface area contributed by atoms with Gasteiger partial charge in [0.2, 0.25) is 0 Å². The number of halogens is 2. The van der Waals surface area contributed by atoms with E-state index in [0.29, 0.717) is 16.5 Å². The Labute approximate surface area is 103 Å². The first-order valence-electron chi connectivity index (χ1n) is 4.72. The number of phenolic OH excluding ortho intramolecular Hbond substituents is 1. The summed E-state index contributed by atoms with van der Waals surface area (Å²) in [5.41, 5.74) is 1.98.